The summed E-state index contributed by atoms with van der Waals surface area (Å²) < 4.78 is 4.88. The standard InChI is InChI=1S/C42H36N2/c1-25-7-11-39-35(19-25)36-20-26(2)8-12-40(36)43(39)33-17-29(5)15-31(23-33)32-16-30(6)18-34(24-32)44-41-13-9-27(3)21-37(41)38-22-28(4)10-14-42(38)44/h7-24H,1-6H3. The SMILES string of the molecule is Cc1cc(-c2cc(C)cc(-n3c4ccc(C)cc4c4cc(C)ccc43)c2)cc(-n2c3ccc(C)cc3c3cc(C)ccc32)c1. The minimum Gasteiger partial charge on any atom is -0.309 e. The Kier molecular flexibility index (Phi) is 5.86. The van der Waals surface area contributed by atoms with E-state index in [1.54, 1.807) is 0 Å². The molecule has 214 valence electrons. The first-order chi connectivity index (χ1) is 21.2. The zero-order chi connectivity index (χ0) is 30.3. The van der Waals surface area contributed by atoms with Gasteiger partial charge in [0.05, 0.1) is 22.1 Å². The Bertz CT molecular complexity index is 2160. The van der Waals surface area contributed by atoms with Crippen molar-refractivity contribution < 1.29 is 0 Å². The second-order valence-corrected chi connectivity index (χ2v) is 12.9. The van der Waals surface area contributed by atoms with Gasteiger partial charge in [0.2, 0.25) is 0 Å². The van der Waals surface area contributed by atoms with Crippen LogP contribution in [0.2, 0.25) is 0 Å². The summed E-state index contributed by atoms with van der Waals surface area (Å²) in [6, 6.07) is 41.3. The van der Waals surface area contributed by atoms with Gasteiger partial charge in [-0.3, -0.25) is 0 Å². The summed E-state index contributed by atoms with van der Waals surface area (Å²) in [6.45, 7) is 13.1. The number of fused-ring (bicyclic) bond motifs is 6. The van der Waals surface area contributed by atoms with Crippen molar-refractivity contribution in [2.75, 3.05) is 0 Å². The molecule has 2 aromatic heterocycles. The average Bonchev–Trinajstić information content (AvgIpc) is 3.47. The molecule has 0 radical (unpaired) electrons. The normalized spacial score (nSPS) is 11.9. The molecule has 0 N–H and O–H groups in total. The van der Waals surface area contributed by atoms with Crippen molar-refractivity contribution >= 4 is 43.6 Å². The quantitative estimate of drug-likeness (QED) is 0.201. The van der Waals surface area contributed by atoms with E-state index in [0.717, 1.165) is 0 Å². The van der Waals surface area contributed by atoms with Gasteiger partial charge < -0.3 is 9.13 Å². The molecule has 44 heavy (non-hydrogen) atoms. The largest absolute Gasteiger partial charge is 0.309 e. The van der Waals surface area contributed by atoms with Crippen LogP contribution in [0, 0.1) is 41.5 Å². The van der Waals surface area contributed by atoms with Gasteiger partial charge in [-0.25, -0.2) is 0 Å². The van der Waals surface area contributed by atoms with Crippen LogP contribution in [0.3, 0.4) is 0 Å². The molecule has 2 nitrogen and oxygen atoms in total. The molecule has 2 heterocycles. The van der Waals surface area contributed by atoms with Crippen molar-refractivity contribution in [1.82, 2.24) is 9.13 Å². The number of nitrogens with zero attached hydrogens (tertiary/aromatic N) is 2. The summed E-state index contributed by atoms with van der Waals surface area (Å²) in [5.41, 5.74) is 17.4. The lowest BCUT2D eigenvalue weighted by molar-refractivity contribution is 1.16. The zero-order valence-electron chi connectivity index (χ0n) is 26.3. The molecule has 8 aromatic rings. The maximum absolute atomic E-state index is 2.44. The third kappa shape index (κ3) is 4.17. The average molecular weight is 569 g/mol. The molecular weight excluding hydrogens is 532 g/mol. The highest BCUT2D eigenvalue weighted by Crippen LogP contribution is 2.37. The summed E-state index contributed by atoms with van der Waals surface area (Å²) in [7, 11) is 0. The Morgan fingerprint density at radius 3 is 0.886 bits per heavy atom. The Morgan fingerprint density at radius 2 is 0.591 bits per heavy atom. The first-order valence-electron chi connectivity index (χ1n) is 15.5. The molecule has 0 atom stereocenters. The zero-order valence-corrected chi connectivity index (χ0v) is 26.3. The summed E-state index contributed by atoms with van der Waals surface area (Å²) in [5, 5.41) is 5.23. The van der Waals surface area contributed by atoms with Crippen LogP contribution in [0.4, 0.5) is 0 Å². The predicted octanol–water partition coefficient (Wildman–Crippen LogP) is 11.4. The molecule has 0 bridgehead atoms. The molecule has 0 saturated carbocycles. The Labute approximate surface area is 258 Å². The Balaban J connectivity index is 1.36. The highest BCUT2D eigenvalue weighted by atomic mass is 15.0. The lowest BCUT2D eigenvalue weighted by Crippen LogP contribution is -1.98. The van der Waals surface area contributed by atoms with E-state index in [0.29, 0.717) is 0 Å². The van der Waals surface area contributed by atoms with Crippen molar-refractivity contribution in [3.05, 3.63) is 143 Å². The molecule has 0 aliphatic heterocycles. The fourth-order valence-corrected chi connectivity index (χ4v) is 7.18. The van der Waals surface area contributed by atoms with E-state index in [4.69, 9.17) is 0 Å². The third-order valence-corrected chi connectivity index (χ3v) is 9.13. The van der Waals surface area contributed by atoms with Gasteiger partial charge in [0, 0.05) is 32.9 Å². The Morgan fingerprint density at radius 1 is 0.295 bits per heavy atom. The maximum atomic E-state index is 2.44. The first-order valence-corrected chi connectivity index (χ1v) is 15.5. The van der Waals surface area contributed by atoms with Crippen molar-refractivity contribution in [2.24, 2.45) is 0 Å². The highest BCUT2D eigenvalue weighted by Gasteiger charge is 2.16. The van der Waals surface area contributed by atoms with Gasteiger partial charge in [0.1, 0.15) is 0 Å². The van der Waals surface area contributed by atoms with E-state index >= 15 is 0 Å². The molecule has 0 aliphatic carbocycles. The van der Waals surface area contributed by atoms with E-state index in [1.165, 1.54) is 99.5 Å². The Hall–Kier alpha value is -5.08. The summed E-state index contributed by atoms with van der Waals surface area (Å²) in [5.74, 6) is 0. The van der Waals surface area contributed by atoms with Crippen LogP contribution < -0.4 is 0 Å². The van der Waals surface area contributed by atoms with Gasteiger partial charge in [-0.1, -0.05) is 58.7 Å². The van der Waals surface area contributed by atoms with Crippen molar-refractivity contribution in [3.63, 3.8) is 0 Å². The monoisotopic (exact) mass is 568 g/mol. The van der Waals surface area contributed by atoms with Crippen LogP contribution in [0.5, 0.6) is 0 Å². The van der Waals surface area contributed by atoms with E-state index in [1.807, 2.05) is 0 Å². The van der Waals surface area contributed by atoms with Gasteiger partial charge in [-0.15, -0.1) is 0 Å². The van der Waals surface area contributed by atoms with E-state index in [9.17, 15) is 0 Å². The van der Waals surface area contributed by atoms with Crippen LogP contribution >= 0.6 is 0 Å². The van der Waals surface area contributed by atoms with Crippen LogP contribution in [0.15, 0.2) is 109 Å². The lowest BCUT2D eigenvalue weighted by atomic mass is 9.99. The third-order valence-electron chi connectivity index (χ3n) is 9.13. The maximum Gasteiger partial charge on any atom is 0.0541 e. The van der Waals surface area contributed by atoms with Gasteiger partial charge in [-0.05, 0) is 137 Å². The summed E-state index contributed by atoms with van der Waals surface area (Å²) in [4.78, 5) is 0. The minimum atomic E-state index is 1.19. The second-order valence-electron chi connectivity index (χ2n) is 12.9. The van der Waals surface area contributed by atoms with Gasteiger partial charge in [0.25, 0.3) is 0 Å². The van der Waals surface area contributed by atoms with E-state index < -0.39 is 0 Å². The summed E-state index contributed by atoms with van der Waals surface area (Å²) in [6.07, 6.45) is 0. The van der Waals surface area contributed by atoms with Gasteiger partial charge >= 0.3 is 0 Å². The molecule has 0 unspecified atom stereocenters. The molecule has 0 fully saturated rings. The molecule has 8 rings (SSSR count). The lowest BCUT2D eigenvalue weighted by Gasteiger charge is -2.15. The highest BCUT2D eigenvalue weighted by molar-refractivity contribution is 6.11. The number of hydrogen-bond acceptors (Lipinski definition) is 0. The van der Waals surface area contributed by atoms with Crippen molar-refractivity contribution in [3.8, 4) is 22.5 Å². The fraction of sp³-hybridized carbons (Fsp3) is 0.143. The predicted molar refractivity (Wildman–Crippen MR) is 189 cm³/mol. The van der Waals surface area contributed by atoms with Gasteiger partial charge in [-0.2, -0.15) is 0 Å². The fourth-order valence-electron chi connectivity index (χ4n) is 7.18. The number of hydrogen-bond donors (Lipinski definition) is 0. The van der Waals surface area contributed by atoms with E-state index in [-0.39, 0.29) is 0 Å². The number of rotatable bonds is 3. The van der Waals surface area contributed by atoms with E-state index in [2.05, 4.69) is 160 Å². The molecular formula is C42H36N2. The second kappa shape index (κ2) is 9.72. The molecule has 0 aliphatic rings. The van der Waals surface area contributed by atoms with Crippen LogP contribution in [0.1, 0.15) is 33.4 Å². The van der Waals surface area contributed by atoms with Gasteiger partial charge in [0.15, 0.2) is 0 Å². The molecule has 0 amide bonds. The van der Waals surface area contributed by atoms with Crippen molar-refractivity contribution in [1.29, 1.82) is 0 Å². The molecule has 0 spiro atoms. The first kappa shape index (κ1) is 26.5. The van der Waals surface area contributed by atoms with Crippen LogP contribution in [0.25, 0.3) is 66.1 Å². The molecule has 2 heteroatoms. The molecule has 0 saturated heterocycles. The van der Waals surface area contributed by atoms with Crippen molar-refractivity contribution in [2.45, 2.75) is 41.5 Å². The number of benzene rings is 6. The number of aromatic nitrogens is 2. The topological polar surface area (TPSA) is 9.86 Å². The molecule has 6 aromatic carbocycles. The smallest absolute Gasteiger partial charge is 0.0541 e. The number of aryl methyl sites for hydroxylation is 6. The minimum absolute atomic E-state index is 1.19. The van der Waals surface area contributed by atoms with Crippen LogP contribution in [-0.4, -0.2) is 9.13 Å². The summed E-state index contributed by atoms with van der Waals surface area (Å²) >= 11 is 0. The van der Waals surface area contributed by atoms with Crippen LogP contribution in [-0.2, 0) is 0 Å².